The number of nitrogens with one attached hydrogen (secondary N) is 3. The fourth-order valence-electron chi connectivity index (χ4n) is 2.67. The number of aryl methyl sites for hydroxylation is 1. The molecular formula is C23H23N3O5. The lowest BCUT2D eigenvalue weighted by atomic mass is 10.1. The van der Waals surface area contributed by atoms with Crippen LogP contribution in [-0.4, -0.2) is 23.8 Å². The van der Waals surface area contributed by atoms with Gasteiger partial charge in [-0.25, -0.2) is 0 Å². The van der Waals surface area contributed by atoms with E-state index in [0.717, 1.165) is 5.56 Å². The van der Waals surface area contributed by atoms with Crippen molar-refractivity contribution in [1.82, 2.24) is 16.2 Å². The standard InChI is InChI=1S/C23H23N3O5/c1-15-7-6-8-17(13-15)22(28)24-16(2)21(27)25-26-23(29)20-12-11-19(31-20)14-30-18-9-4-3-5-10-18/h3-13,16H,14H2,1-2H3,(H,24,28)(H,25,27)(H,26,29)/t16-/m0/s1. The van der Waals surface area contributed by atoms with Gasteiger partial charge in [-0.05, 0) is 50.2 Å². The van der Waals surface area contributed by atoms with Gasteiger partial charge in [0.05, 0.1) is 0 Å². The molecule has 160 valence electrons. The van der Waals surface area contributed by atoms with Gasteiger partial charge in [0.25, 0.3) is 11.8 Å². The minimum Gasteiger partial charge on any atom is -0.486 e. The Morgan fingerprint density at radius 3 is 2.45 bits per heavy atom. The summed E-state index contributed by atoms with van der Waals surface area (Å²) in [7, 11) is 0. The molecule has 1 aromatic heterocycles. The zero-order valence-electron chi connectivity index (χ0n) is 17.2. The van der Waals surface area contributed by atoms with Crippen LogP contribution in [0.3, 0.4) is 0 Å². The highest BCUT2D eigenvalue weighted by atomic mass is 16.5. The van der Waals surface area contributed by atoms with Crippen molar-refractivity contribution in [2.75, 3.05) is 0 Å². The normalized spacial score (nSPS) is 11.3. The summed E-state index contributed by atoms with van der Waals surface area (Å²) >= 11 is 0. The Morgan fingerprint density at radius 1 is 0.935 bits per heavy atom. The van der Waals surface area contributed by atoms with Crippen LogP contribution in [-0.2, 0) is 11.4 Å². The highest BCUT2D eigenvalue weighted by Crippen LogP contribution is 2.13. The highest BCUT2D eigenvalue weighted by molar-refractivity contribution is 5.98. The summed E-state index contributed by atoms with van der Waals surface area (Å²) in [4.78, 5) is 36.6. The summed E-state index contributed by atoms with van der Waals surface area (Å²) in [5.74, 6) is -0.432. The molecule has 0 aliphatic carbocycles. The number of hydrogen-bond donors (Lipinski definition) is 3. The number of ether oxygens (including phenoxy) is 1. The molecule has 0 unspecified atom stereocenters. The molecule has 0 spiro atoms. The molecule has 8 heteroatoms. The molecule has 0 radical (unpaired) electrons. The molecule has 3 aromatic rings. The van der Waals surface area contributed by atoms with E-state index in [1.807, 2.05) is 43.3 Å². The number of furan rings is 1. The Labute approximate surface area is 179 Å². The minimum atomic E-state index is -0.861. The number of carbonyl (C=O) groups excluding carboxylic acids is 3. The van der Waals surface area contributed by atoms with Gasteiger partial charge in [-0.1, -0.05) is 35.9 Å². The molecule has 0 saturated heterocycles. The monoisotopic (exact) mass is 421 g/mol. The van der Waals surface area contributed by atoms with Crippen molar-refractivity contribution >= 4 is 17.7 Å². The number of rotatable bonds is 7. The van der Waals surface area contributed by atoms with E-state index in [1.54, 1.807) is 24.3 Å². The van der Waals surface area contributed by atoms with Gasteiger partial charge in [0.1, 0.15) is 24.2 Å². The van der Waals surface area contributed by atoms with Crippen LogP contribution in [0, 0.1) is 6.92 Å². The Morgan fingerprint density at radius 2 is 1.71 bits per heavy atom. The lowest BCUT2D eigenvalue weighted by Gasteiger charge is -2.14. The first-order valence-electron chi connectivity index (χ1n) is 9.66. The summed E-state index contributed by atoms with van der Waals surface area (Å²) in [6.07, 6.45) is 0. The third-order valence-corrected chi connectivity index (χ3v) is 4.33. The number of hydrogen-bond acceptors (Lipinski definition) is 5. The van der Waals surface area contributed by atoms with Gasteiger partial charge in [0, 0.05) is 5.56 Å². The highest BCUT2D eigenvalue weighted by Gasteiger charge is 2.18. The van der Waals surface area contributed by atoms with E-state index in [9.17, 15) is 14.4 Å². The maximum Gasteiger partial charge on any atom is 0.305 e. The zero-order chi connectivity index (χ0) is 22.2. The van der Waals surface area contributed by atoms with Crippen LogP contribution in [0.2, 0.25) is 0 Å². The van der Waals surface area contributed by atoms with Crippen molar-refractivity contribution < 1.29 is 23.5 Å². The van der Waals surface area contributed by atoms with Crippen LogP contribution in [0.25, 0.3) is 0 Å². The van der Waals surface area contributed by atoms with Crippen molar-refractivity contribution in [3.05, 3.63) is 89.4 Å². The average Bonchev–Trinajstić information content (AvgIpc) is 3.25. The molecule has 1 atom stereocenters. The van der Waals surface area contributed by atoms with E-state index in [4.69, 9.17) is 9.15 Å². The molecule has 8 nitrogen and oxygen atoms in total. The second-order valence-electron chi connectivity index (χ2n) is 6.88. The van der Waals surface area contributed by atoms with Crippen LogP contribution in [0.4, 0.5) is 0 Å². The van der Waals surface area contributed by atoms with Gasteiger partial charge >= 0.3 is 5.91 Å². The fraction of sp³-hybridized carbons (Fsp3) is 0.174. The van der Waals surface area contributed by atoms with E-state index in [0.29, 0.717) is 17.1 Å². The maximum atomic E-state index is 12.2. The Bertz CT molecular complexity index is 1060. The molecule has 3 rings (SSSR count). The second-order valence-corrected chi connectivity index (χ2v) is 6.88. The van der Waals surface area contributed by atoms with Gasteiger partial charge in [0.15, 0.2) is 5.76 Å². The number of benzene rings is 2. The van der Waals surface area contributed by atoms with Gasteiger partial charge in [0.2, 0.25) is 0 Å². The zero-order valence-corrected chi connectivity index (χ0v) is 17.2. The van der Waals surface area contributed by atoms with Crippen molar-refractivity contribution in [3.8, 4) is 5.75 Å². The van der Waals surface area contributed by atoms with Crippen molar-refractivity contribution in [3.63, 3.8) is 0 Å². The summed E-state index contributed by atoms with van der Waals surface area (Å²) in [5.41, 5.74) is 5.92. The Kier molecular flexibility index (Phi) is 7.05. The molecule has 0 bridgehead atoms. The molecule has 1 heterocycles. The van der Waals surface area contributed by atoms with Crippen LogP contribution in [0.15, 0.2) is 71.1 Å². The lowest BCUT2D eigenvalue weighted by Crippen LogP contribution is -2.51. The van der Waals surface area contributed by atoms with Crippen molar-refractivity contribution in [1.29, 1.82) is 0 Å². The molecule has 0 aliphatic heterocycles. The van der Waals surface area contributed by atoms with Crippen LogP contribution in [0.5, 0.6) is 5.75 Å². The smallest absolute Gasteiger partial charge is 0.305 e. The molecule has 0 fully saturated rings. The number of carbonyl (C=O) groups is 3. The molecule has 2 aromatic carbocycles. The van der Waals surface area contributed by atoms with Crippen LogP contribution < -0.4 is 20.9 Å². The van der Waals surface area contributed by atoms with Crippen LogP contribution in [0.1, 0.15) is 39.2 Å². The van der Waals surface area contributed by atoms with E-state index >= 15 is 0 Å². The molecule has 31 heavy (non-hydrogen) atoms. The second kappa shape index (κ2) is 10.1. The number of amides is 3. The van der Waals surface area contributed by atoms with Gasteiger partial charge in [-0.15, -0.1) is 0 Å². The molecule has 0 aliphatic rings. The Hall–Kier alpha value is -4.07. The molecular weight excluding hydrogens is 398 g/mol. The summed E-state index contributed by atoms with van der Waals surface area (Å²) in [6, 6.07) is 18.4. The molecule has 3 N–H and O–H groups in total. The minimum absolute atomic E-state index is 0.0170. The van der Waals surface area contributed by atoms with E-state index < -0.39 is 17.9 Å². The molecule has 0 saturated carbocycles. The van der Waals surface area contributed by atoms with Gasteiger partial charge in [-0.3, -0.25) is 25.2 Å². The van der Waals surface area contributed by atoms with E-state index in [-0.39, 0.29) is 18.3 Å². The quantitative estimate of drug-likeness (QED) is 0.508. The number of hydrazine groups is 1. The van der Waals surface area contributed by atoms with Crippen LogP contribution >= 0.6 is 0 Å². The number of para-hydroxylation sites is 1. The predicted molar refractivity (Wildman–Crippen MR) is 113 cm³/mol. The first-order chi connectivity index (χ1) is 14.9. The SMILES string of the molecule is Cc1cccc(C(=O)N[C@@H](C)C(=O)NNC(=O)c2ccc(COc3ccccc3)o2)c1. The van der Waals surface area contributed by atoms with Gasteiger partial charge < -0.3 is 14.5 Å². The predicted octanol–water partition coefficient (Wildman–Crippen LogP) is 2.75. The van der Waals surface area contributed by atoms with Crippen molar-refractivity contribution in [2.45, 2.75) is 26.5 Å². The maximum absolute atomic E-state index is 12.2. The third-order valence-electron chi connectivity index (χ3n) is 4.33. The summed E-state index contributed by atoms with van der Waals surface area (Å²) < 4.78 is 11.0. The topological polar surface area (TPSA) is 110 Å². The third kappa shape index (κ3) is 6.20. The molecule has 3 amide bonds. The average molecular weight is 421 g/mol. The first-order valence-corrected chi connectivity index (χ1v) is 9.66. The van der Waals surface area contributed by atoms with Crippen molar-refractivity contribution in [2.24, 2.45) is 0 Å². The summed E-state index contributed by atoms with van der Waals surface area (Å²) in [5, 5.41) is 2.58. The van der Waals surface area contributed by atoms with Gasteiger partial charge in [-0.2, -0.15) is 0 Å². The largest absolute Gasteiger partial charge is 0.486 e. The lowest BCUT2D eigenvalue weighted by molar-refractivity contribution is -0.123. The summed E-state index contributed by atoms with van der Waals surface area (Å²) in [6.45, 7) is 3.54. The van der Waals surface area contributed by atoms with E-state index in [2.05, 4.69) is 16.2 Å². The Balaban J connectivity index is 1.46. The first kappa shape index (κ1) is 21.6. The fourth-order valence-corrected chi connectivity index (χ4v) is 2.67. The van der Waals surface area contributed by atoms with E-state index in [1.165, 1.54) is 13.0 Å².